The van der Waals surface area contributed by atoms with E-state index < -0.39 is 23.8 Å². The lowest BCUT2D eigenvalue weighted by atomic mass is 9.96. The Morgan fingerprint density at radius 2 is 1.47 bits per heavy atom. The summed E-state index contributed by atoms with van der Waals surface area (Å²) in [6, 6.07) is 2.12. The number of hydrogen-bond donors (Lipinski definition) is 1. The van der Waals surface area contributed by atoms with E-state index in [2.05, 4.69) is 0 Å². The van der Waals surface area contributed by atoms with Crippen LogP contribution < -0.4 is 0 Å². The van der Waals surface area contributed by atoms with Gasteiger partial charge >= 0.3 is 12.4 Å². The van der Waals surface area contributed by atoms with Crippen molar-refractivity contribution in [1.82, 2.24) is 0 Å². The molecule has 0 unspecified atom stereocenters. The highest BCUT2D eigenvalue weighted by Crippen LogP contribution is 2.46. The zero-order valence-electron chi connectivity index (χ0n) is 8.52. The molecule has 0 spiro atoms. The van der Waals surface area contributed by atoms with Gasteiger partial charge in [-0.15, -0.1) is 0 Å². The lowest BCUT2D eigenvalue weighted by Gasteiger charge is -2.23. The van der Waals surface area contributed by atoms with Crippen LogP contribution in [-0.4, -0.2) is 17.5 Å². The van der Waals surface area contributed by atoms with Crippen molar-refractivity contribution in [2.45, 2.75) is 25.2 Å². The minimum Gasteiger partial charge on any atom is -0.508 e. The van der Waals surface area contributed by atoms with Gasteiger partial charge in [0.1, 0.15) is 5.75 Å². The van der Waals surface area contributed by atoms with E-state index in [1.54, 1.807) is 0 Å². The number of phenols is 1. The van der Waals surface area contributed by atoms with E-state index in [0.29, 0.717) is 12.1 Å². The second-order valence-electron chi connectivity index (χ2n) is 3.56. The topological polar surface area (TPSA) is 20.2 Å². The average molecular weight is 258 g/mol. The molecule has 0 radical (unpaired) electrons. The first kappa shape index (κ1) is 13.7. The first-order valence-electron chi connectivity index (χ1n) is 4.46. The Morgan fingerprint density at radius 1 is 1.00 bits per heavy atom. The highest BCUT2D eigenvalue weighted by Gasteiger charge is 2.57. The maximum atomic E-state index is 12.4. The zero-order valence-corrected chi connectivity index (χ0v) is 8.52. The van der Waals surface area contributed by atoms with Crippen LogP contribution in [0.4, 0.5) is 26.3 Å². The number of phenolic OH excluding ortho intramolecular Hbond substituents is 1. The highest BCUT2D eigenvalue weighted by molar-refractivity contribution is 5.37. The predicted octanol–water partition coefficient (Wildman–Crippen LogP) is 3.91. The van der Waals surface area contributed by atoms with Crippen LogP contribution in [0.15, 0.2) is 18.2 Å². The molecule has 17 heavy (non-hydrogen) atoms. The number of halogens is 6. The molecule has 0 bridgehead atoms. The predicted molar refractivity (Wildman–Crippen MR) is 47.7 cm³/mol. The van der Waals surface area contributed by atoms with Gasteiger partial charge in [-0.3, -0.25) is 0 Å². The largest absolute Gasteiger partial charge is 0.508 e. The number of rotatable bonds is 1. The third-order valence-corrected chi connectivity index (χ3v) is 2.21. The molecule has 0 aliphatic carbocycles. The van der Waals surface area contributed by atoms with Crippen LogP contribution in [0.2, 0.25) is 0 Å². The molecule has 0 aromatic heterocycles. The van der Waals surface area contributed by atoms with Crippen molar-refractivity contribution < 1.29 is 31.4 Å². The van der Waals surface area contributed by atoms with E-state index in [4.69, 9.17) is 5.11 Å². The van der Waals surface area contributed by atoms with Gasteiger partial charge in [0.25, 0.3) is 0 Å². The molecular weight excluding hydrogens is 250 g/mol. The Bertz CT molecular complexity index is 392. The van der Waals surface area contributed by atoms with Gasteiger partial charge in [-0.05, 0) is 24.1 Å². The molecule has 1 nitrogen and oxygen atoms in total. The molecular formula is C10H8F6O. The maximum absolute atomic E-state index is 12.4. The van der Waals surface area contributed by atoms with E-state index in [0.717, 1.165) is 6.07 Å². The summed E-state index contributed by atoms with van der Waals surface area (Å²) in [6.45, 7) is 1.22. The molecule has 7 heteroatoms. The molecule has 0 amide bonds. The smallest absolute Gasteiger partial charge is 0.404 e. The van der Waals surface area contributed by atoms with Crippen LogP contribution in [0.5, 0.6) is 5.75 Å². The summed E-state index contributed by atoms with van der Waals surface area (Å²) >= 11 is 0. The van der Waals surface area contributed by atoms with Crippen LogP contribution in [0.3, 0.4) is 0 Å². The lowest BCUT2D eigenvalue weighted by molar-refractivity contribution is -0.253. The third kappa shape index (κ3) is 3.04. The fourth-order valence-corrected chi connectivity index (χ4v) is 1.42. The third-order valence-electron chi connectivity index (χ3n) is 2.21. The minimum absolute atomic E-state index is 0.0407. The van der Waals surface area contributed by atoms with Gasteiger partial charge in [0.15, 0.2) is 5.92 Å². The van der Waals surface area contributed by atoms with E-state index >= 15 is 0 Å². The first-order valence-corrected chi connectivity index (χ1v) is 4.46. The quantitative estimate of drug-likeness (QED) is 0.757. The average Bonchev–Trinajstić information content (AvgIpc) is 2.06. The van der Waals surface area contributed by atoms with Gasteiger partial charge in [0.05, 0.1) is 0 Å². The number of aromatic hydroxyl groups is 1. The van der Waals surface area contributed by atoms with Crippen LogP contribution in [0.1, 0.15) is 17.0 Å². The Morgan fingerprint density at radius 3 is 1.82 bits per heavy atom. The SMILES string of the molecule is Cc1cc(C(C(F)(F)F)C(F)(F)F)ccc1O. The monoisotopic (exact) mass is 258 g/mol. The molecule has 0 heterocycles. The first-order chi connectivity index (χ1) is 7.53. The normalized spacial score (nSPS) is 13.2. The van der Waals surface area contributed by atoms with Gasteiger partial charge < -0.3 is 5.11 Å². The van der Waals surface area contributed by atoms with Gasteiger partial charge in [-0.25, -0.2) is 0 Å². The molecule has 0 aliphatic rings. The molecule has 1 N–H and O–H groups in total. The summed E-state index contributed by atoms with van der Waals surface area (Å²) in [6.07, 6.45) is -10.8. The molecule has 1 rings (SSSR count). The van der Waals surface area contributed by atoms with Gasteiger partial charge in [0.2, 0.25) is 0 Å². The van der Waals surface area contributed by atoms with Crippen molar-refractivity contribution in [1.29, 1.82) is 0 Å². The molecule has 0 fully saturated rings. The zero-order chi connectivity index (χ0) is 13.4. The molecule has 1 aromatic rings. The maximum Gasteiger partial charge on any atom is 0.404 e. The van der Waals surface area contributed by atoms with Crippen LogP contribution in [0, 0.1) is 6.92 Å². The summed E-state index contributed by atoms with van der Waals surface area (Å²) in [5, 5.41) is 9.07. The van der Waals surface area contributed by atoms with Gasteiger partial charge in [-0.2, -0.15) is 26.3 Å². The molecule has 0 saturated heterocycles. The van der Waals surface area contributed by atoms with Crippen molar-refractivity contribution in [3.05, 3.63) is 29.3 Å². The second-order valence-corrected chi connectivity index (χ2v) is 3.56. The van der Waals surface area contributed by atoms with Crippen molar-refractivity contribution in [2.75, 3.05) is 0 Å². The Balaban J connectivity index is 3.29. The van der Waals surface area contributed by atoms with Crippen LogP contribution in [0.25, 0.3) is 0 Å². The van der Waals surface area contributed by atoms with Crippen molar-refractivity contribution in [2.24, 2.45) is 0 Å². The number of aryl methyl sites for hydroxylation is 1. The van der Waals surface area contributed by atoms with E-state index in [9.17, 15) is 26.3 Å². The van der Waals surface area contributed by atoms with Gasteiger partial charge in [-0.1, -0.05) is 12.1 Å². The van der Waals surface area contributed by atoms with E-state index in [1.807, 2.05) is 0 Å². The summed E-state index contributed by atoms with van der Waals surface area (Å²) in [5.41, 5.74) is -0.971. The molecule has 0 saturated carbocycles. The highest BCUT2D eigenvalue weighted by atomic mass is 19.4. The molecule has 96 valence electrons. The Kier molecular flexibility index (Phi) is 3.31. The minimum atomic E-state index is -5.42. The van der Waals surface area contributed by atoms with E-state index in [1.165, 1.54) is 6.92 Å². The number of benzene rings is 1. The number of hydrogen-bond acceptors (Lipinski definition) is 1. The van der Waals surface area contributed by atoms with Gasteiger partial charge in [0, 0.05) is 0 Å². The molecule has 0 atom stereocenters. The summed E-state index contributed by atoms with van der Waals surface area (Å²) < 4.78 is 74.1. The van der Waals surface area contributed by atoms with Crippen LogP contribution >= 0.6 is 0 Å². The fraction of sp³-hybridized carbons (Fsp3) is 0.400. The molecule has 1 aromatic carbocycles. The fourth-order valence-electron chi connectivity index (χ4n) is 1.42. The van der Waals surface area contributed by atoms with Crippen LogP contribution in [-0.2, 0) is 0 Å². The number of alkyl halides is 6. The second kappa shape index (κ2) is 4.12. The summed E-state index contributed by atoms with van der Waals surface area (Å²) in [7, 11) is 0. The Labute approximate surface area is 92.7 Å². The molecule has 0 aliphatic heterocycles. The standard InChI is InChI=1S/C10H8F6O/c1-5-4-6(2-3-7(5)17)8(9(11,12)13)10(14,15)16/h2-4,8,17H,1H3. The summed E-state index contributed by atoms with van der Waals surface area (Å²) in [4.78, 5) is 0. The summed E-state index contributed by atoms with van der Waals surface area (Å²) in [5.74, 6) is -3.88. The van der Waals surface area contributed by atoms with Crippen molar-refractivity contribution in [3.8, 4) is 5.75 Å². The van der Waals surface area contributed by atoms with Crippen molar-refractivity contribution >= 4 is 0 Å². The van der Waals surface area contributed by atoms with E-state index in [-0.39, 0.29) is 11.3 Å². The van der Waals surface area contributed by atoms with Crippen molar-refractivity contribution in [3.63, 3.8) is 0 Å². The lowest BCUT2D eigenvalue weighted by Crippen LogP contribution is -2.34. The Hall–Kier alpha value is -1.40.